The summed E-state index contributed by atoms with van der Waals surface area (Å²) in [5, 5.41) is 8.94. The maximum absolute atomic E-state index is 15.0. The Bertz CT molecular complexity index is 1470. The third-order valence-corrected chi connectivity index (χ3v) is 8.13. The minimum Gasteiger partial charge on any atom is -0.466 e. The first-order chi connectivity index (χ1) is 16.9. The second-order valence-electron chi connectivity index (χ2n) is 8.57. The lowest BCUT2D eigenvalue weighted by atomic mass is 10.0. The summed E-state index contributed by atoms with van der Waals surface area (Å²) in [6.45, 7) is 2.50. The minimum absolute atomic E-state index is 0.00980. The van der Waals surface area contributed by atoms with E-state index in [1.807, 2.05) is 0 Å². The van der Waals surface area contributed by atoms with Gasteiger partial charge in [-0.2, -0.15) is 0 Å². The summed E-state index contributed by atoms with van der Waals surface area (Å²) in [7, 11) is -3.95. The van der Waals surface area contributed by atoms with E-state index in [-0.39, 0.29) is 42.0 Å². The maximum Gasteiger partial charge on any atom is 0.302 e. The predicted octanol–water partition coefficient (Wildman–Crippen LogP) is 2.01. The Morgan fingerprint density at radius 1 is 1.22 bits per heavy atom. The van der Waals surface area contributed by atoms with Crippen molar-refractivity contribution in [2.24, 2.45) is 0 Å². The number of amides is 1. The van der Waals surface area contributed by atoms with E-state index in [1.165, 1.54) is 24.8 Å². The van der Waals surface area contributed by atoms with Gasteiger partial charge in [-0.3, -0.25) is 24.2 Å². The average Bonchev–Trinajstić information content (AvgIpc) is 2.82. The number of benzene rings is 2. The van der Waals surface area contributed by atoms with Gasteiger partial charge < -0.3 is 4.74 Å². The van der Waals surface area contributed by atoms with Crippen molar-refractivity contribution in [3.8, 4) is 11.1 Å². The fraction of sp³-hybridized carbons (Fsp3) is 0.333. The number of halogens is 1. The number of nitrogens with zero attached hydrogens (tertiary/aromatic N) is 2. The molecule has 3 rings (SSSR count). The third-order valence-electron chi connectivity index (χ3n) is 6.10. The van der Waals surface area contributed by atoms with Crippen LogP contribution in [-0.4, -0.2) is 52.7 Å². The van der Waals surface area contributed by atoms with Crippen molar-refractivity contribution < 1.29 is 32.3 Å². The largest absolute Gasteiger partial charge is 0.466 e. The molecule has 36 heavy (non-hydrogen) atoms. The van der Waals surface area contributed by atoms with E-state index in [2.05, 4.69) is 4.98 Å². The Hall–Kier alpha value is -3.64. The molecule has 1 heterocycles. The van der Waals surface area contributed by atoms with Crippen molar-refractivity contribution in [3.63, 3.8) is 0 Å². The molecule has 0 spiro atoms. The molecule has 192 valence electrons. The standard InChI is InChI=1S/C24H26FN3O7S/c1-15(29)35-11-8-16-4-6-17(7-5-16)18-13-21-19(12-20(18)25)22(30)28(14-26-21)10-9-24(2,23(31)27-32)36(3,33)34/h4-7,12-14,32H,8-11H2,1-3H3,(H,27,31). The van der Waals surface area contributed by atoms with Crippen LogP contribution in [0.5, 0.6) is 0 Å². The van der Waals surface area contributed by atoms with Crippen molar-refractivity contribution >= 4 is 32.6 Å². The number of carbonyl (C=O) groups is 2. The van der Waals surface area contributed by atoms with Crippen LogP contribution in [0.4, 0.5) is 4.39 Å². The number of aromatic nitrogens is 2. The summed E-state index contributed by atoms with van der Waals surface area (Å²) in [4.78, 5) is 40.1. The first-order valence-corrected chi connectivity index (χ1v) is 12.8. The molecule has 1 atom stereocenters. The van der Waals surface area contributed by atoms with E-state index in [0.29, 0.717) is 12.0 Å². The zero-order valence-corrected chi connectivity index (χ0v) is 20.8. The summed E-state index contributed by atoms with van der Waals surface area (Å²) in [6, 6.07) is 9.52. The fourth-order valence-electron chi connectivity index (χ4n) is 3.64. The summed E-state index contributed by atoms with van der Waals surface area (Å²) >= 11 is 0. The van der Waals surface area contributed by atoms with Gasteiger partial charge in [-0.15, -0.1) is 0 Å². The van der Waals surface area contributed by atoms with Crippen LogP contribution in [0.2, 0.25) is 0 Å². The fourth-order valence-corrected chi connectivity index (χ4v) is 4.49. The van der Waals surface area contributed by atoms with Gasteiger partial charge in [0.2, 0.25) is 0 Å². The van der Waals surface area contributed by atoms with Crippen LogP contribution in [0.3, 0.4) is 0 Å². The molecule has 0 aliphatic rings. The summed E-state index contributed by atoms with van der Waals surface area (Å²) < 4.78 is 43.3. The van der Waals surface area contributed by atoms with Crippen molar-refractivity contribution in [1.82, 2.24) is 15.0 Å². The molecule has 0 radical (unpaired) electrons. The van der Waals surface area contributed by atoms with Crippen molar-refractivity contribution in [1.29, 1.82) is 0 Å². The molecule has 10 nitrogen and oxygen atoms in total. The Balaban J connectivity index is 1.88. The van der Waals surface area contributed by atoms with Crippen LogP contribution in [-0.2, 0) is 37.1 Å². The average molecular weight is 520 g/mol. The molecule has 0 fully saturated rings. The number of hydrogen-bond acceptors (Lipinski definition) is 8. The molecule has 0 aliphatic carbocycles. The molecule has 2 aromatic carbocycles. The number of rotatable bonds is 9. The van der Waals surface area contributed by atoms with Crippen LogP contribution in [0.25, 0.3) is 22.0 Å². The molecule has 2 N–H and O–H groups in total. The lowest BCUT2D eigenvalue weighted by Gasteiger charge is -2.25. The topological polar surface area (TPSA) is 145 Å². The van der Waals surface area contributed by atoms with E-state index >= 15 is 0 Å². The van der Waals surface area contributed by atoms with E-state index < -0.39 is 31.9 Å². The van der Waals surface area contributed by atoms with E-state index in [1.54, 1.807) is 24.3 Å². The molecular weight excluding hydrogens is 493 g/mol. The second kappa shape index (κ2) is 10.5. The Morgan fingerprint density at radius 3 is 2.47 bits per heavy atom. The number of sulfone groups is 1. The SMILES string of the molecule is CC(=O)OCCc1ccc(-c2cc3ncn(CCC(C)(C(=O)NO)S(C)(=O)=O)c(=O)c3cc2F)cc1. The minimum atomic E-state index is -3.95. The summed E-state index contributed by atoms with van der Waals surface area (Å²) in [5.41, 5.74) is 2.69. The molecule has 3 aromatic rings. The van der Waals surface area contributed by atoms with E-state index in [4.69, 9.17) is 9.94 Å². The van der Waals surface area contributed by atoms with Crippen LogP contribution in [0, 0.1) is 5.82 Å². The van der Waals surface area contributed by atoms with Crippen LogP contribution in [0.1, 0.15) is 25.8 Å². The molecule has 0 saturated heterocycles. The lowest BCUT2D eigenvalue weighted by molar-refractivity contribution is -0.140. The van der Waals surface area contributed by atoms with Gasteiger partial charge >= 0.3 is 5.97 Å². The van der Waals surface area contributed by atoms with E-state index in [0.717, 1.165) is 29.4 Å². The zero-order valence-electron chi connectivity index (χ0n) is 19.9. The first-order valence-electron chi connectivity index (χ1n) is 10.9. The number of hydrogen-bond donors (Lipinski definition) is 2. The monoisotopic (exact) mass is 519 g/mol. The van der Waals surface area contributed by atoms with Gasteiger partial charge in [0.15, 0.2) is 14.6 Å². The lowest BCUT2D eigenvalue weighted by Crippen LogP contribution is -2.50. The van der Waals surface area contributed by atoms with Gasteiger partial charge in [0.05, 0.1) is 23.8 Å². The highest BCUT2D eigenvalue weighted by atomic mass is 32.2. The molecule has 1 unspecified atom stereocenters. The number of hydroxylamine groups is 1. The smallest absolute Gasteiger partial charge is 0.302 e. The third kappa shape index (κ3) is 5.60. The van der Waals surface area contributed by atoms with Gasteiger partial charge in [0, 0.05) is 31.7 Å². The molecule has 0 saturated carbocycles. The highest BCUT2D eigenvalue weighted by Crippen LogP contribution is 2.27. The molecule has 1 aromatic heterocycles. The molecular formula is C24H26FN3O7S. The molecule has 0 bridgehead atoms. The van der Waals surface area contributed by atoms with Gasteiger partial charge in [0.1, 0.15) is 5.82 Å². The number of aryl methyl sites for hydroxylation is 1. The normalized spacial score (nSPS) is 13.2. The molecule has 12 heteroatoms. The first kappa shape index (κ1) is 27.0. The highest BCUT2D eigenvalue weighted by Gasteiger charge is 2.43. The van der Waals surface area contributed by atoms with Crippen molar-refractivity contribution in [3.05, 3.63) is 64.5 Å². The van der Waals surface area contributed by atoms with Crippen molar-refractivity contribution in [2.45, 2.75) is 38.0 Å². The highest BCUT2D eigenvalue weighted by molar-refractivity contribution is 7.92. The van der Waals surface area contributed by atoms with Gasteiger partial charge in [0.25, 0.3) is 11.5 Å². The van der Waals surface area contributed by atoms with E-state index in [9.17, 15) is 27.2 Å². The zero-order chi connectivity index (χ0) is 26.7. The molecule has 0 aliphatic heterocycles. The van der Waals surface area contributed by atoms with Crippen LogP contribution >= 0.6 is 0 Å². The number of nitrogens with one attached hydrogen (secondary N) is 1. The maximum atomic E-state index is 15.0. The summed E-state index contributed by atoms with van der Waals surface area (Å²) in [6.07, 6.45) is 2.24. The van der Waals surface area contributed by atoms with Gasteiger partial charge in [-0.05, 0) is 36.6 Å². The van der Waals surface area contributed by atoms with Crippen LogP contribution in [0.15, 0.2) is 47.5 Å². The number of ether oxygens (including phenoxy) is 1. The molecule has 1 amide bonds. The number of esters is 1. The van der Waals surface area contributed by atoms with Crippen molar-refractivity contribution in [2.75, 3.05) is 12.9 Å². The van der Waals surface area contributed by atoms with Gasteiger partial charge in [-0.25, -0.2) is 23.3 Å². The number of carbonyl (C=O) groups excluding carboxylic acids is 2. The number of fused-ring (bicyclic) bond motifs is 1. The quantitative estimate of drug-likeness (QED) is 0.248. The Kier molecular flexibility index (Phi) is 7.89. The second-order valence-corrected chi connectivity index (χ2v) is 11.0. The Morgan fingerprint density at radius 2 is 1.89 bits per heavy atom. The van der Waals surface area contributed by atoms with Gasteiger partial charge in [-0.1, -0.05) is 24.3 Å². The Labute approximate surface area is 206 Å². The van der Waals surface area contributed by atoms with Crippen LogP contribution < -0.4 is 11.0 Å². The summed E-state index contributed by atoms with van der Waals surface area (Å²) in [5.74, 6) is -2.14. The predicted molar refractivity (Wildman–Crippen MR) is 130 cm³/mol.